The monoisotopic (exact) mass is 455 g/mol. The number of fused-ring (bicyclic) bond motifs is 1. The molecule has 2 fully saturated rings. The number of hydrogen-bond donors (Lipinski definition) is 0. The van der Waals surface area contributed by atoms with Crippen molar-refractivity contribution < 1.29 is 19.3 Å². The van der Waals surface area contributed by atoms with E-state index in [4.69, 9.17) is 11.6 Å². The summed E-state index contributed by atoms with van der Waals surface area (Å²) in [5.74, 6) is -2.21. The highest BCUT2D eigenvalue weighted by Crippen LogP contribution is 2.41. The molecule has 0 unspecified atom stereocenters. The molecule has 2 aromatic rings. The molecular weight excluding hydrogens is 434 g/mol. The Hall–Kier alpha value is -3.26. The van der Waals surface area contributed by atoms with Crippen LogP contribution >= 0.6 is 11.6 Å². The summed E-state index contributed by atoms with van der Waals surface area (Å²) in [7, 11) is 0. The standard InChI is InChI=1S/C23H22ClN3O5/c1-14-10-11-16-18(12-14)23(30)26(22(16)29)25(21(28)17-7-3-4-8-19(17)24)13-15-6-2-5-9-20(15)27(31)32/h2-9,14,16,18H,10-13H2,1H3/t14-,16-,18+/m1/s1. The van der Waals surface area contributed by atoms with E-state index >= 15 is 0 Å². The van der Waals surface area contributed by atoms with Crippen molar-refractivity contribution in [2.24, 2.45) is 17.8 Å². The minimum Gasteiger partial charge on any atom is -0.272 e. The van der Waals surface area contributed by atoms with Crippen molar-refractivity contribution in [3.8, 4) is 0 Å². The Morgan fingerprint density at radius 3 is 2.47 bits per heavy atom. The summed E-state index contributed by atoms with van der Waals surface area (Å²) in [6, 6.07) is 12.3. The van der Waals surface area contributed by atoms with Gasteiger partial charge in [0, 0.05) is 6.07 Å². The van der Waals surface area contributed by atoms with Crippen LogP contribution in [-0.4, -0.2) is 32.7 Å². The number of halogens is 1. The quantitative estimate of drug-likeness (QED) is 0.381. The average Bonchev–Trinajstić information content (AvgIpc) is 3.01. The first-order valence-corrected chi connectivity index (χ1v) is 10.8. The predicted molar refractivity (Wildman–Crippen MR) is 116 cm³/mol. The van der Waals surface area contributed by atoms with Gasteiger partial charge in [-0.3, -0.25) is 24.5 Å². The molecule has 3 atom stereocenters. The lowest BCUT2D eigenvalue weighted by atomic mass is 9.76. The molecule has 1 saturated heterocycles. The number of rotatable bonds is 5. The number of nitro benzene ring substituents is 1. The number of imide groups is 1. The van der Waals surface area contributed by atoms with Crippen molar-refractivity contribution in [1.29, 1.82) is 0 Å². The number of nitro groups is 1. The molecule has 32 heavy (non-hydrogen) atoms. The summed E-state index contributed by atoms with van der Waals surface area (Å²) >= 11 is 6.22. The molecule has 0 radical (unpaired) electrons. The van der Waals surface area contributed by atoms with Crippen LogP contribution in [0.15, 0.2) is 48.5 Å². The molecular formula is C23H22ClN3O5. The smallest absolute Gasteiger partial charge is 0.272 e. The van der Waals surface area contributed by atoms with Crippen LogP contribution in [0.3, 0.4) is 0 Å². The number of nitrogens with zero attached hydrogens (tertiary/aromatic N) is 3. The van der Waals surface area contributed by atoms with Crippen molar-refractivity contribution in [2.75, 3.05) is 0 Å². The number of amides is 3. The normalized spacial score (nSPS) is 22.6. The second kappa shape index (κ2) is 8.70. The van der Waals surface area contributed by atoms with Crippen LogP contribution in [0.25, 0.3) is 0 Å². The molecule has 2 aromatic carbocycles. The zero-order valence-electron chi connectivity index (χ0n) is 17.4. The maximum Gasteiger partial charge on any atom is 0.274 e. The van der Waals surface area contributed by atoms with Gasteiger partial charge in [0.2, 0.25) is 0 Å². The topological polar surface area (TPSA) is 101 Å². The fourth-order valence-electron chi connectivity index (χ4n) is 4.60. The fraction of sp³-hybridized carbons (Fsp3) is 0.348. The van der Waals surface area contributed by atoms with Gasteiger partial charge in [-0.15, -0.1) is 0 Å². The molecule has 0 aromatic heterocycles. The van der Waals surface area contributed by atoms with E-state index in [9.17, 15) is 24.5 Å². The van der Waals surface area contributed by atoms with Gasteiger partial charge in [0.05, 0.1) is 39.5 Å². The number of carbonyl (C=O) groups is 3. The first kappa shape index (κ1) is 22.0. The third-order valence-electron chi connectivity index (χ3n) is 6.25. The van der Waals surface area contributed by atoms with E-state index < -0.39 is 34.5 Å². The van der Waals surface area contributed by atoms with Crippen LogP contribution in [0, 0.1) is 27.9 Å². The maximum absolute atomic E-state index is 13.5. The molecule has 2 aliphatic rings. The van der Waals surface area contributed by atoms with Gasteiger partial charge in [0.15, 0.2) is 0 Å². The fourth-order valence-corrected chi connectivity index (χ4v) is 4.82. The van der Waals surface area contributed by atoms with E-state index in [2.05, 4.69) is 0 Å². The molecule has 1 aliphatic carbocycles. The van der Waals surface area contributed by atoms with Crippen molar-refractivity contribution in [1.82, 2.24) is 10.0 Å². The van der Waals surface area contributed by atoms with Gasteiger partial charge >= 0.3 is 0 Å². The zero-order valence-corrected chi connectivity index (χ0v) is 18.2. The van der Waals surface area contributed by atoms with Crippen LogP contribution in [-0.2, 0) is 16.1 Å². The number of benzene rings is 2. The van der Waals surface area contributed by atoms with Gasteiger partial charge in [-0.2, -0.15) is 5.01 Å². The van der Waals surface area contributed by atoms with Crippen molar-refractivity contribution in [2.45, 2.75) is 32.7 Å². The molecule has 3 amide bonds. The highest BCUT2D eigenvalue weighted by atomic mass is 35.5. The van der Waals surface area contributed by atoms with E-state index in [0.717, 1.165) is 16.4 Å². The molecule has 1 heterocycles. The summed E-state index contributed by atoms with van der Waals surface area (Å²) in [5.41, 5.74) is 0.118. The summed E-state index contributed by atoms with van der Waals surface area (Å²) in [4.78, 5) is 51.1. The van der Waals surface area contributed by atoms with Gasteiger partial charge in [0.1, 0.15) is 0 Å². The lowest BCUT2D eigenvalue weighted by molar-refractivity contribution is -0.385. The molecule has 9 heteroatoms. The summed E-state index contributed by atoms with van der Waals surface area (Å²) in [6.45, 7) is 1.73. The highest BCUT2D eigenvalue weighted by Gasteiger charge is 2.52. The predicted octanol–water partition coefficient (Wildman–Crippen LogP) is 4.23. The summed E-state index contributed by atoms with van der Waals surface area (Å²) in [5, 5.41) is 13.6. The van der Waals surface area contributed by atoms with Crippen LogP contribution in [0.1, 0.15) is 42.1 Å². The maximum atomic E-state index is 13.5. The van der Waals surface area contributed by atoms with Crippen molar-refractivity contribution in [3.05, 3.63) is 74.8 Å². The van der Waals surface area contributed by atoms with Gasteiger partial charge in [-0.25, -0.2) is 5.01 Å². The molecule has 8 nitrogen and oxygen atoms in total. The average molecular weight is 456 g/mol. The summed E-state index contributed by atoms with van der Waals surface area (Å²) < 4.78 is 0. The second-order valence-corrected chi connectivity index (χ2v) is 8.76. The molecule has 0 bridgehead atoms. The van der Waals surface area contributed by atoms with Crippen LogP contribution in [0.5, 0.6) is 0 Å². The molecule has 0 N–H and O–H groups in total. The minimum atomic E-state index is -0.665. The Balaban J connectivity index is 1.77. The third-order valence-corrected chi connectivity index (χ3v) is 6.58. The third kappa shape index (κ3) is 3.86. The molecule has 1 aliphatic heterocycles. The number of hydrazine groups is 1. The first-order chi connectivity index (χ1) is 15.3. The first-order valence-electron chi connectivity index (χ1n) is 10.5. The van der Waals surface area contributed by atoms with Crippen LogP contribution in [0.4, 0.5) is 5.69 Å². The lowest BCUT2D eigenvalue weighted by Crippen LogP contribution is -2.50. The highest BCUT2D eigenvalue weighted by molar-refractivity contribution is 6.33. The largest absolute Gasteiger partial charge is 0.274 e. The molecule has 166 valence electrons. The Labute approximate surface area is 189 Å². The van der Waals surface area contributed by atoms with Crippen molar-refractivity contribution in [3.63, 3.8) is 0 Å². The Morgan fingerprint density at radius 2 is 1.75 bits per heavy atom. The van der Waals surface area contributed by atoms with E-state index in [1.165, 1.54) is 30.3 Å². The Bertz CT molecular complexity index is 1100. The van der Waals surface area contributed by atoms with Gasteiger partial charge < -0.3 is 0 Å². The number of para-hydroxylation sites is 1. The van der Waals surface area contributed by atoms with E-state index in [0.29, 0.717) is 18.8 Å². The molecule has 4 rings (SSSR count). The SMILES string of the molecule is C[C@@H]1CC[C@H]2C(=O)N(N(Cc3ccccc3[N+](=O)[O-])C(=O)c3ccccc3Cl)C(=O)[C@H]2C1. The van der Waals surface area contributed by atoms with Gasteiger partial charge in [0.25, 0.3) is 23.4 Å². The van der Waals surface area contributed by atoms with Gasteiger partial charge in [-0.05, 0) is 37.3 Å². The van der Waals surface area contributed by atoms with Gasteiger partial charge in [-0.1, -0.05) is 48.9 Å². The summed E-state index contributed by atoms with van der Waals surface area (Å²) in [6.07, 6.45) is 1.98. The molecule has 0 spiro atoms. The minimum absolute atomic E-state index is 0.108. The van der Waals surface area contributed by atoms with Crippen LogP contribution in [0.2, 0.25) is 5.02 Å². The number of carbonyl (C=O) groups excluding carboxylic acids is 3. The zero-order chi connectivity index (χ0) is 23.0. The van der Waals surface area contributed by atoms with E-state index in [1.54, 1.807) is 18.2 Å². The van der Waals surface area contributed by atoms with Crippen LogP contribution < -0.4 is 0 Å². The lowest BCUT2D eigenvalue weighted by Gasteiger charge is -2.30. The Kier molecular flexibility index (Phi) is 5.97. The molecule has 1 saturated carbocycles. The van der Waals surface area contributed by atoms with Crippen molar-refractivity contribution >= 4 is 35.0 Å². The number of hydrogen-bond acceptors (Lipinski definition) is 5. The van der Waals surface area contributed by atoms with E-state index in [1.807, 2.05) is 6.92 Å². The van der Waals surface area contributed by atoms with E-state index in [-0.39, 0.29) is 28.4 Å². The Morgan fingerprint density at radius 1 is 1.09 bits per heavy atom. The second-order valence-electron chi connectivity index (χ2n) is 8.35.